The maximum atomic E-state index is 13.7. The molecule has 4 atom stereocenters. The Morgan fingerprint density at radius 3 is 2.67 bits per heavy atom. The predicted molar refractivity (Wildman–Crippen MR) is 182 cm³/mol. The highest BCUT2D eigenvalue weighted by molar-refractivity contribution is 5.89. The number of likely N-dealkylation sites (tertiary alicyclic amines) is 1. The summed E-state index contributed by atoms with van der Waals surface area (Å²) in [5.74, 6) is 1.12. The van der Waals surface area contributed by atoms with Crippen LogP contribution in [0, 0.1) is 11.8 Å². The second-order valence-corrected chi connectivity index (χ2v) is 13.8. The van der Waals surface area contributed by atoms with Gasteiger partial charge in [-0.2, -0.15) is 0 Å². The second-order valence-electron chi connectivity index (χ2n) is 13.8. The van der Waals surface area contributed by atoms with Gasteiger partial charge < -0.3 is 34.3 Å². The molecule has 0 unspecified atom stereocenters. The molecule has 3 aliphatic rings. The normalized spacial score (nSPS) is 22.9. The number of nitrogens with one attached hydrogen (secondary N) is 2. The summed E-state index contributed by atoms with van der Waals surface area (Å²) in [5, 5.41) is 4.88. The Morgan fingerprint density at radius 1 is 1.04 bits per heavy atom. The van der Waals surface area contributed by atoms with Gasteiger partial charge >= 0.3 is 6.09 Å². The molecule has 2 bridgehead atoms. The SMILES string of the molecule is COC(=O)N[C@H]1COCCCOCc2cc3cc(C[C@@H]4CCCN4C(=O)[C@@H](C)C(C)C)ccc3cc2-c2c[nH]c(n2)[C@@H]2CCCN2C1=O. The molecule has 2 N–H and O–H groups in total. The Bertz CT molecular complexity index is 1620. The predicted octanol–water partition coefficient (Wildman–Crippen LogP) is 5.38. The van der Waals surface area contributed by atoms with Crippen LogP contribution in [-0.2, 0) is 36.8 Å². The van der Waals surface area contributed by atoms with Gasteiger partial charge in [0.25, 0.3) is 0 Å². The Hall–Kier alpha value is -3.96. The van der Waals surface area contributed by atoms with E-state index in [-0.39, 0.29) is 36.4 Å². The third-order valence-corrected chi connectivity index (χ3v) is 10.3. The maximum Gasteiger partial charge on any atom is 0.407 e. The summed E-state index contributed by atoms with van der Waals surface area (Å²) in [5.41, 5.74) is 4.05. The minimum atomic E-state index is -0.862. The number of aromatic nitrogens is 2. The number of ether oxygens (including phenoxy) is 3. The number of benzene rings is 2. The fourth-order valence-electron chi connectivity index (χ4n) is 7.22. The number of aromatic amines is 1. The number of methoxy groups -OCH3 is 1. The van der Waals surface area contributed by atoms with Crippen LogP contribution in [0.2, 0.25) is 0 Å². The highest BCUT2D eigenvalue weighted by Gasteiger charge is 2.37. The van der Waals surface area contributed by atoms with Crippen LogP contribution in [0.4, 0.5) is 4.79 Å². The molecule has 4 heterocycles. The van der Waals surface area contributed by atoms with Crippen LogP contribution in [0.5, 0.6) is 0 Å². The van der Waals surface area contributed by atoms with Crippen LogP contribution in [0.15, 0.2) is 36.5 Å². The van der Waals surface area contributed by atoms with E-state index in [0.717, 1.165) is 66.2 Å². The zero-order valence-corrected chi connectivity index (χ0v) is 28.6. The van der Waals surface area contributed by atoms with E-state index in [0.29, 0.717) is 44.5 Å². The average molecular weight is 660 g/mol. The molecule has 0 saturated carbocycles. The van der Waals surface area contributed by atoms with Crippen molar-refractivity contribution in [3.05, 3.63) is 53.5 Å². The lowest BCUT2D eigenvalue weighted by atomic mass is 9.94. The number of H-pyrrole nitrogens is 1. The first kappa shape index (κ1) is 33.9. The number of carbonyl (C=O) groups is 3. The lowest BCUT2D eigenvalue weighted by Crippen LogP contribution is -2.50. The molecule has 3 amide bonds. The third-order valence-electron chi connectivity index (χ3n) is 10.3. The van der Waals surface area contributed by atoms with Crippen LogP contribution in [0.1, 0.15) is 75.9 Å². The van der Waals surface area contributed by atoms with Crippen molar-refractivity contribution in [2.75, 3.05) is 40.0 Å². The van der Waals surface area contributed by atoms with E-state index in [1.807, 2.05) is 13.1 Å². The first-order valence-electron chi connectivity index (χ1n) is 17.5. The van der Waals surface area contributed by atoms with Gasteiger partial charge in [-0.15, -0.1) is 0 Å². The van der Waals surface area contributed by atoms with Crippen molar-refractivity contribution in [1.29, 1.82) is 0 Å². The maximum absolute atomic E-state index is 13.7. The lowest BCUT2D eigenvalue weighted by Gasteiger charge is -2.29. The van der Waals surface area contributed by atoms with Gasteiger partial charge in [0.05, 0.1) is 32.1 Å². The van der Waals surface area contributed by atoms with Gasteiger partial charge in [0, 0.05) is 50.0 Å². The van der Waals surface area contributed by atoms with E-state index in [1.165, 1.54) is 12.7 Å². The average Bonchev–Trinajstić information content (AvgIpc) is 3.87. The van der Waals surface area contributed by atoms with Crippen molar-refractivity contribution >= 4 is 28.7 Å². The number of nitrogens with zero attached hydrogens (tertiary/aromatic N) is 3. The van der Waals surface area contributed by atoms with Gasteiger partial charge in [-0.3, -0.25) is 9.59 Å². The standard InChI is InChI=1S/C37H49N5O6/c1-23(2)24(3)35(43)41-12-5-8-29(41)17-25-10-11-26-19-30-28(18-27(26)16-25)21-47-14-7-15-48-22-32(40-37(45)46-4)36(44)42-13-6-9-33(42)34-38-20-31(30)39-34/h10-11,16,18-20,23-24,29,32-33H,5-9,12-15,17,21-22H2,1-4H3,(H,38,39)(H,40,45)/t24-,29-,32-,33-/m0/s1. The van der Waals surface area contributed by atoms with Crippen LogP contribution in [-0.4, -0.2) is 89.8 Å². The molecule has 11 nitrogen and oxygen atoms in total. The fraction of sp³-hybridized carbons (Fsp3) is 0.568. The monoisotopic (exact) mass is 659 g/mol. The van der Waals surface area contributed by atoms with Gasteiger partial charge in [-0.1, -0.05) is 39.0 Å². The summed E-state index contributed by atoms with van der Waals surface area (Å²) >= 11 is 0. The van der Waals surface area contributed by atoms with E-state index < -0.39 is 12.1 Å². The van der Waals surface area contributed by atoms with Crippen LogP contribution >= 0.6 is 0 Å². The van der Waals surface area contributed by atoms with Crippen LogP contribution < -0.4 is 5.32 Å². The van der Waals surface area contributed by atoms with E-state index >= 15 is 0 Å². The molecule has 258 valence electrons. The molecule has 2 aromatic carbocycles. The number of amides is 3. The molecule has 1 aromatic heterocycles. The van der Waals surface area contributed by atoms with Crippen molar-refractivity contribution < 1.29 is 28.6 Å². The molecule has 0 spiro atoms. The molecule has 6 rings (SSSR count). The molecular formula is C37H49N5O6. The van der Waals surface area contributed by atoms with Crippen molar-refractivity contribution in [3.63, 3.8) is 0 Å². The van der Waals surface area contributed by atoms with E-state index in [1.54, 1.807) is 4.90 Å². The zero-order valence-electron chi connectivity index (χ0n) is 28.6. The van der Waals surface area contributed by atoms with Crippen LogP contribution in [0.3, 0.4) is 0 Å². The largest absolute Gasteiger partial charge is 0.453 e. The molecule has 2 saturated heterocycles. The van der Waals surface area contributed by atoms with Crippen LogP contribution in [0.25, 0.3) is 22.0 Å². The zero-order chi connectivity index (χ0) is 33.8. The van der Waals surface area contributed by atoms with E-state index in [9.17, 15) is 14.4 Å². The topological polar surface area (TPSA) is 126 Å². The summed E-state index contributed by atoms with van der Waals surface area (Å²) in [6.07, 6.45) is 6.39. The van der Waals surface area contributed by atoms with Crippen molar-refractivity contribution in [3.8, 4) is 11.3 Å². The van der Waals surface area contributed by atoms with Gasteiger partial charge in [0.15, 0.2) is 0 Å². The highest BCUT2D eigenvalue weighted by Crippen LogP contribution is 2.35. The summed E-state index contributed by atoms with van der Waals surface area (Å²) in [7, 11) is 1.28. The third kappa shape index (κ3) is 7.37. The number of fused-ring (bicyclic) bond motifs is 7. The molecule has 0 aliphatic carbocycles. The lowest BCUT2D eigenvalue weighted by molar-refractivity contribution is -0.137. The molecular weight excluding hydrogens is 610 g/mol. The smallest absolute Gasteiger partial charge is 0.407 e. The van der Waals surface area contributed by atoms with Gasteiger partial charge in [0.1, 0.15) is 11.9 Å². The summed E-state index contributed by atoms with van der Waals surface area (Å²) < 4.78 is 16.8. The number of carbonyl (C=O) groups excluding carboxylic acids is 3. The van der Waals surface area contributed by atoms with E-state index in [2.05, 4.69) is 59.4 Å². The van der Waals surface area contributed by atoms with Gasteiger partial charge in [-0.05, 0) is 78.5 Å². The summed E-state index contributed by atoms with van der Waals surface area (Å²) in [6, 6.07) is 10.1. The van der Waals surface area contributed by atoms with Crippen molar-refractivity contribution in [2.24, 2.45) is 11.8 Å². The van der Waals surface area contributed by atoms with E-state index in [4.69, 9.17) is 19.2 Å². The Labute approximate surface area is 282 Å². The minimum Gasteiger partial charge on any atom is -0.453 e. The minimum absolute atomic E-state index is 0.0258. The Balaban J connectivity index is 1.28. The first-order valence-corrected chi connectivity index (χ1v) is 17.5. The second kappa shape index (κ2) is 15.1. The van der Waals surface area contributed by atoms with Gasteiger partial charge in [-0.25, -0.2) is 9.78 Å². The van der Waals surface area contributed by atoms with Crippen molar-refractivity contribution in [2.45, 2.75) is 84.0 Å². The molecule has 3 aromatic rings. The number of hydrogen-bond donors (Lipinski definition) is 2. The number of alkyl carbamates (subject to hydrolysis) is 1. The van der Waals surface area contributed by atoms with Gasteiger partial charge in [0.2, 0.25) is 11.8 Å². The molecule has 48 heavy (non-hydrogen) atoms. The molecule has 3 aliphatic heterocycles. The quantitative estimate of drug-likeness (QED) is 0.377. The number of hydrogen-bond acceptors (Lipinski definition) is 7. The summed E-state index contributed by atoms with van der Waals surface area (Å²) in [4.78, 5) is 51.2. The Morgan fingerprint density at radius 2 is 1.85 bits per heavy atom. The highest BCUT2D eigenvalue weighted by atomic mass is 16.5. The molecule has 2 fully saturated rings. The fourth-order valence-corrected chi connectivity index (χ4v) is 7.22. The molecule has 0 radical (unpaired) electrons. The number of imidazole rings is 1. The molecule has 11 heteroatoms. The Kier molecular flexibility index (Phi) is 10.7. The summed E-state index contributed by atoms with van der Waals surface area (Å²) in [6.45, 7) is 9.01. The van der Waals surface area contributed by atoms with Crippen molar-refractivity contribution in [1.82, 2.24) is 25.1 Å². The number of rotatable bonds is 5. The first-order chi connectivity index (χ1) is 23.2.